The van der Waals surface area contributed by atoms with Gasteiger partial charge in [-0.15, -0.1) is 0 Å². The number of amides is 1. The van der Waals surface area contributed by atoms with Crippen molar-refractivity contribution >= 4 is 45.0 Å². The van der Waals surface area contributed by atoms with E-state index in [0.29, 0.717) is 38.6 Å². The Morgan fingerprint density at radius 1 is 1.00 bits per heavy atom. The molecule has 0 N–H and O–H groups in total. The molecule has 0 bridgehead atoms. The van der Waals surface area contributed by atoms with Gasteiger partial charge in [0.2, 0.25) is 0 Å². The quantitative estimate of drug-likeness (QED) is 0.147. The van der Waals surface area contributed by atoms with Crippen molar-refractivity contribution in [3.05, 3.63) is 122 Å². The number of non-ortho nitro benzene ring substituents is 1. The van der Waals surface area contributed by atoms with E-state index in [9.17, 15) is 14.9 Å². The minimum atomic E-state index is -0.456. The first kappa shape index (κ1) is 23.3. The van der Waals surface area contributed by atoms with Crippen molar-refractivity contribution in [1.82, 2.24) is 0 Å². The molecule has 0 aliphatic carbocycles. The Bertz CT molecular complexity index is 1540. The lowest BCUT2D eigenvalue weighted by Gasteiger charge is -2.22. The minimum absolute atomic E-state index is 0.0221. The first-order valence-corrected chi connectivity index (χ1v) is 11.8. The Morgan fingerprint density at radius 3 is 2.47 bits per heavy atom. The van der Waals surface area contributed by atoms with Gasteiger partial charge in [-0.1, -0.05) is 42.5 Å². The lowest BCUT2D eigenvalue weighted by atomic mass is 10.1. The second-order valence-corrected chi connectivity index (χ2v) is 8.79. The number of nitrogens with zero attached hydrogens (tertiary/aromatic N) is 2. The summed E-state index contributed by atoms with van der Waals surface area (Å²) in [5.74, 6) is 1.36. The van der Waals surface area contributed by atoms with E-state index in [1.54, 1.807) is 36.3 Å². The van der Waals surface area contributed by atoms with Crippen LogP contribution in [0.2, 0.25) is 0 Å². The maximum Gasteiger partial charge on any atom is 0.270 e. The third-order valence-corrected chi connectivity index (χ3v) is 6.39. The van der Waals surface area contributed by atoms with Crippen LogP contribution in [0.25, 0.3) is 23.1 Å². The van der Waals surface area contributed by atoms with Crippen LogP contribution in [0.4, 0.5) is 11.4 Å². The van der Waals surface area contributed by atoms with Crippen molar-refractivity contribution in [2.75, 3.05) is 12.0 Å². The topological polar surface area (TPSA) is 85.8 Å². The molecule has 0 atom stereocenters. The second kappa shape index (κ2) is 9.67. The first-order chi connectivity index (χ1) is 17.5. The van der Waals surface area contributed by atoms with Gasteiger partial charge in [-0.2, -0.15) is 0 Å². The molecular weight excluding hydrogens is 524 g/mol. The summed E-state index contributed by atoms with van der Waals surface area (Å²) in [6, 6.07) is 25.0. The highest BCUT2D eigenvalue weighted by molar-refractivity contribution is 9.10. The molecule has 0 saturated heterocycles. The number of para-hydroxylation sites is 2. The van der Waals surface area contributed by atoms with Gasteiger partial charge in [0.15, 0.2) is 0 Å². The number of benzene rings is 3. The van der Waals surface area contributed by atoms with Gasteiger partial charge in [0, 0.05) is 27.7 Å². The molecule has 5 rings (SSSR count). The molecule has 0 saturated carbocycles. The van der Waals surface area contributed by atoms with Gasteiger partial charge in [0.25, 0.3) is 11.6 Å². The predicted octanol–water partition coefficient (Wildman–Crippen LogP) is 7.10. The molecule has 36 heavy (non-hydrogen) atoms. The molecule has 3 aromatic carbocycles. The standard InChI is InChI=1S/C28H19BrN2O5/c1-35-27-10-6-5-9-24(27)30-25(18-7-3-2-4-8-18)16-19(28(30)32)15-21-12-14-26(36-21)22-13-11-20(31(33)34)17-23(22)29/h2-17H,1H3/b19-15-. The molecule has 1 aromatic heterocycles. The minimum Gasteiger partial charge on any atom is -0.495 e. The number of carbonyl (C=O) groups is 1. The summed E-state index contributed by atoms with van der Waals surface area (Å²) in [7, 11) is 1.57. The van der Waals surface area contributed by atoms with Crippen LogP contribution in [0.5, 0.6) is 5.75 Å². The predicted molar refractivity (Wildman–Crippen MR) is 141 cm³/mol. The van der Waals surface area contributed by atoms with Crippen molar-refractivity contribution in [3.63, 3.8) is 0 Å². The summed E-state index contributed by atoms with van der Waals surface area (Å²) in [6.45, 7) is 0. The summed E-state index contributed by atoms with van der Waals surface area (Å²) in [5.41, 5.74) is 3.34. The molecule has 0 fully saturated rings. The monoisotopic (exact) mass is 542 g/mol. The van der Waals surface area contributed by atoms with E-state index < -0.39 is 4.92 Å². The highest BCUT2D eigenvalue weighted by Gasteiger charge is 2.32. The Kier molecular flexibility index (Phi) is 6.26. The number of nitro groups is 1. The van der Waals surface area contributed by atoms with Gasteiger partial charge in [-0.05, 0) is 64.0 Å². The molecule has 1 aliphatic heterocycles. The van der Waals surface area contributed by atoms with E-state index in [-0.39, 0.29) is 11.6 Å². The van der Waals surface area contributed by atoms with E-state index >= 15 is 0 Å². The molecule has 1 aliphatic rings. The number of nitro benzene ring substituents is 1. The van der Waals surface area contributed by atoms with Crippen molar-refractivity contribution in [1.29, 1.82) is 0 Å². The largest absolute Gasteiger partial charge is 0.495 e. The highest BCUT2D eigenvalue weighted by atomic mass is 79.9. The third-order valence-electron chi connectivity index (χ3n) is 5.73. The van der Waals surface area contributed by atoms with Crippen molar-refractivity contribution < 1.29 is 18.9 Å². The number of hydrogen-bond acceptors (Lipinski definition) is 5. The molecule has 0 unspecified atom stereocenters. The molecule has 1 amide bonds. The van der Waals surface area contributed by atoms with Gasteiger partial charge >= 0.3 is 0 Å². The molecular formula is C28H19BrN2O5. The van der Waals surface area contributed by atoms with E-state index in [0.717, 1.165) is 11.3 Å². The first-order valence-electron chi connectivity index (χ1n) is 11.0. The van der Waals surface area contributed by atoms with Gasteiger partial charge < -0.3 is 9.15 Å². The Hall–Kier alpha value is -4.43. The fourth-order valence-corrected chi connectivity index (χ4v) is 4.60. The maximum absolute atomic E-state index is 13.6. The zero-order valence-electron chi connectivity index (χ0n) is 19.1. The van der Waals surface area contributed by atoms with Gasteiger partial charge in [0.1, 0.15) is 17.3 Å². The van der Waals surface area contributed by atoms with Crippen molar-refractivity contribution in [2.45, 2.75) is 0 Å². The summed E-state index contributed by atoms with van der Waals surface area (Å²) in [5, 5.41) is 11.0. The van der Waals surface area contributed by atoms with Crippen LogP contribution in [0.3, 0.4) is 0 Å². The number of ether oxygens (including phenoxy) is 1. The maximum atomic E-state index is 13.6. The van der Waals surface area contributed by atoms with Gasteiger partial charge in [-0.3, -0.25) is 19.8 Å². The highest BCUT2D eigenvalue weighted by Crippen LogP contribution is 2.40. The molecule has 0 spiro atoms. The molecule has 0 radical (unpaired) electrons. The zero-order valence-corrected chi connectivity index (χ0v) is 20.6. The van der Waals surface area contributed by atoms with Crippen LogP contribution in [0.1, 0.15) is 11.3 Å². The number of rotatable bonds is 6. The smallest absolute Gasteiger partial charge is 0.270 e. The fourth-order valence-electron chi connectivity index (χ4n) is 4.04. The van der Waals surface area contributed by atoms with Crippen LogP contribution >= 0.6 is 15.9 Å². The number of hydrogen-bond donors (Lipinski definition) is 0. The SMILES string of the molecule is COc1ccccc1N1C(=O)/C(=C\c2ccc(-c3ccc([N+](=O)[O-])cc3Br)o2)C=C1c1ccccc1. The Morgan fingerprint density at radius 2 is 1.75 bits per heavy atom. The van der Waals surface area contributed by atoms with Crippen LogP contribution in [-0.4, -0.2) is 17.9 Å². The molecule has 178 valence electrons. The van der Waals surface area contributed by atoms with Crippen LogP contribution in [-0.2, 0) is 4.79 Å². The molecule has 2 heterocycles. The third kappa shape index (κ3) is 4.34. The summed E-state index contributed by atoms with van der Waals surface area (Å²) >= 11 is 3.38. The van der Waals surface area contributed by atoms with E-state index in [1.165, 1.54) is 12.1 Å². The van der Waals surface area contributed by atoms with Crippen LogP contribution < -0.4 is 9.64 Å². The molecule has 7 nitrogen and oxygen atoms in total. The lowest BCUT2D eigenvalue weighted by Crippen LogP contribution is -2.25. The average molecular weight is 543 g/mol. The molecule has 4 aromatic rings. The van der Waals surface area contributed by atoms with Crippen LogP contribution in [0.15, 0.2) is 105 Å². The van der Waals surface area contributed by atoms with E-state index in [4.69, 9.17) is 9.15 Å². The number of halogens is 1. The van der Waals surface area contributed by atoms with Gasteiger partial charge in [0.05, 0.1) is 23.4 Å². The second-order valence-electron chi connectivity index (χ2n) is 7.93. The van der Waals surface area contributed by atoms with Gasteiger partial charge in [-0.25, -0.2) is 0 Å². The van der Waals surface area contributed by atoms with E-state index in [1.807, 2.05) is 60.7 Å². The average Bonchev–Trinajstić information content (AvgIpc) is 3.49. The fraction of sp³-hybridized carbons (Fsp3) is 0.0357. The lowest BCUT2D eigenvalue weighted by molar-refractivity contribution is -0.384. The normalized spacial score (nSPS) is 14.3. The summed E-state index contributed by atoms with van der Waals surface area (Å²) in [6.07, 6.45) is 3.51. The van der Waals surface area contributed by atoms with Crippen molar-refractivity contribution in [3.8, 4) is 17.1 Å². The summed E-state index contributed by atoms with van der Waals surface area (Å²) in [4.78, 5) is 25.8. The zero-order chi connectivity index (χ0) is 25.2. The number of carbonyl (C=O) groups excluding carboxylic acids is 1. The summed E-state index contributed by atoms with van der Waals surface area (Å²) < 4.78 is 12.0. The van der Waals surface area contributed by atoms with E-state index in [2.05, 4.69) is 15.9 Å². The number of furan rings is 1. The Balaban J connectivity index is 1.54. The van der Waals surface area contributed by atoms with Crippen molar-refractivity contribution in [2.24, 2.45) is 0 Å². The Labute approximate surface area is 215 Å². The number of methoxy groups -OCH3 is 1. The number of anilines is 1. The molecule has 8 heteroatoms. The van der Waals surface area contributed by atoms with Crippen LogP contribution in [0, 0.1) is 10.1 Å².